The molecule has 1 aromatic carbocycles. The summed E-state index contributed by atoms with van der Waals surface area (Å²) >= 11 is 0. The molecule has 21 heavy (non-hydrogen) atoms. The van der Waals surface area contributed by atoms with Crippen molar-refractivity contribution in [3.8, 4) is 0 Å². The first-order valence-electron chi connectivity index (χ1n) is 7.58. The van der Waals surface area contributed by atoms with Crippen LogP contribution in [0.15, 0.2) is 41.3 Å². The van der Waals surface area contributed by atoms with Gasteiger partial charge in [0.15, 0.2) is 6.67 Å². The second kappa shape index (κ2) is 5.64. The van der Waals surface area contributed by atoms with Crippen molar-refractivity contribution in [2.24, 2.45) is 5.41 Å². The van der Waals surface area contributed by atoms with Crippen molar-refractivity contribution >= 4 is 10.8 Å². The minimum absolute atomic E-state index is 0.107. The molecule has 0 saturated heterocycles. The van der Waals surface area contributed by atoms with E-state index in [1.807, 2.05) is 41.1 Å². The third kappa shape index (κ3) is 4.18. The van der Waals surface area contributed by atoms with Crippen molar-refractivity contribution in [3.05, 3.63) is 46.9 Å². The molecule has 0 radical (unpaired) electrons. The Balaban J connectivity index is 2.23. The SMILES string of the molecule is CC(C)(C)CC[N+](C)(C)Cn1ccc2ccccc2c1=O. The molecular formula is C18H27N2O+. The number of aromatic nitrogens is 1. The van der Waals surface area contributed by atoms with Crippen LogP contribution in [0.3, 0.4) is 0 Å². The van der Waals surface area contributed by atoms with Gasteiger partial charge in [-0.2, -0.15) is 0 Å². The lowest BCUT2D eigenvalue weighted by molar-refractivity contribution is -0.913. The summed E-state index contributed by atoms with van der Waals surface area (Å²) in [5.41, 5.74) is 0.430. The number of hydrogen-bond acceptors (Lipinski definition) is 1. The Hall–Kier alpha value is -1.61. The zero-order chi connectivity index (χ0) is 15.7. The fourth-order valence-corrected chi connectivity index (χ4v) is 2.46. The Kier molecular flexibility index (Phi) is 4.24. The smallest absolute Gasteiger partial charge is 0.262 e. The van der Waals surface area contributed by atoms with E-state index in [9.17, 15) is 4.79 Å². The molecule has 3 nitrogen and oxygen atoms in total. The molecule has 0 N–H and O–H groups in total. The second-order valence-electron chi connectivity index (χ2n) is 7.79. The molecule has 0 spiro atoms. The van der Waals surface area contributed by atoms with Gasteiger partial charge in [0.2, 0.25) is 0 Å². The Morgan fingerprint density at radius 1 is 1.10 bits per heavy atom. The van der Waals surface area contributed by atoms with Gasteiger partial charge in [-0.25, -0.2) is 0 Å². The summed E-state index contributed by atoms with van der Waals surface area (Å²) in [7, 11) is 4.38. The van der Waals surface area contributed by atoms with E-state index in [-0.39, 0.29) is 5.56 Å². The Labute approximate surface area is 127 Å². The van der Waals surface area contributed by atoms with Crippen LogP contribution in [0.1, 0.15) is 27.2 Å². The molecule has 0 amide bonds. The summed E-state index contributed by atoms with van der Waals surface area (Å²) in [6.07, 6.45) is 3.06. The molecule has 0 bridgehead atoms. The molecule has 0 aliphatic carbocycles. The first-order chi connectivity index (χ1) is 9.68. The normalized spacial score (nSPS) is 12.8. The largest absolute Gasteiger partial charge is 0.311 e. The number of nitrogens with zero attached hydrogens (tertiary/aromatic N) is 2. The van der Waals surface area contributed by atoms with Gasteiger partial charge >= 0.3 is 0 Å². The van der Waals surface area contributed by atoms with Gasteiger partial charge in [-0.3, -0.25) is 9.36 Å². The van der Waals surface area contributed by atoms with Crippen molar-refractivity contribution in [1.29, 1.82) is 0 Å². The maximum Gasteiger partial charge on any atom is 0.262 e. The highest BCUT2D eigenvalue weighted by atomic mass is 16.1. The van der Waals surface area contributed by atoms with Crippen LogP contribution in [-0.2, 0) is 6.67 Å². The predicted molar refractivity (Wildman–Crippen MR) is 89.3 cm³/mol. The van der Waals surface area contributed by atoms with E-state index in [1.165, 1.54) is 0 Å². The number of quaternary nitrogens is 1. The van der Waals surface area contributed by atoms with Crippen molar-refractivity contribution in [1.82, 2.24) is 4.57 Å². The van der Waals surface area contributed by atoms with Crippen LogP contribution in [-0.4, -0.2) is 29.7 Å². The molecule has 0 unspecified atom stereocenters. The molecule has 0 atom stereocenters. The summed E-state index contributed by atoms with van der Waals surface area (Å²) in [5.74, 6) is 0. The second-order valence-corrected chi connectivity index (χ2v) is 7.79. The van der Waals surface area contributed by atoms with Crippen LogP contribution in [0.2, 0.25) is 0 Å². The molecule has 0 fully saturated rings. The average Bonchev–Trinajstić information content (AvgIpc) is 2.40. The van der Waals surface area contributed by atoms with Gasteiger partial charge in [0, 0.05) is 18.0 Å². The van der Waals surface area contributed by atoms with Gasteiger partial charge in [-0.15, -0.1) is 0 Å². The topological polar surface area (TPSA) is 22.0 Å². The number of rotatable bonds is 4. The molecule has 2 aromatic rings. The van der Waals surface area contributed by atoms with Crippen LogP contribution >= 0.6 is 0 Å². The molecule has 1 aromatic heterocycles. The monoisotopic (exact) mass is 287 g/mol. The lowest BCUT2D eigenvalue weighted by atomic mass is 9.92. The van der Waals surface area contributed by atoms with Crippen molar-refractivity contribution in [2.45, 2.75) is 33.9 Å². The first-order valence-corrected chi connectivity index (χ1v) is 7.58. The molecule has 1 heterocycles. The molecule has 0 aliphatic heterocycles. The van der Waals surface area contributed by atoms with Gasteiger partial charge in [0.05, 0.1) is 20.6 Å². The summed E-state index contributed by atoms with van der Waals surface area (Å²) < 4.78 is 2.65. The number of benzene rings is 1. The fraction of sp³-hybridized carbons (Fsp3) is 0.500. The minimum atomic E-state index is 0.107. The van der Waals surface area contributed by atoms with Crippen LogP contribution < -0.4 is 5.56 Å². The van der Waals surface area contributed by atoms with E-state index in [0.29, 0.717) is 12.1 Å². The fourth-order valence-electron chi connectivity index (χ4n) is 2.46. The maximum absolute atomic E-state index is 12.6. The molecule has 0 aliphatic rings. The summed E-state index contributed by atoms with van der Waals surface area (Å²) in [6, 6.07) is 9.81. The van der Waals surface area contributed by atoms with Crippen molar-refractivity contribution in [2.75, 3.05) is 20.6 Å². The Morgan fingerprint density at radius 2 is 1.76 bits per heavy atom. The third-order valence-corrected chi connectivity index (χ3v) is 3.89. The third-order valence-electron chi connectivity index (χ3n) is 3.89. The molecule has 114 valence electrons. The molecule has 0 saturated carbocycles. The highest BCUT2D eigenvalue weighted by Gasteiger charge is 2.21. The van der Waals surface area contributed by atoms with E-state index in [4.69, 9.17) is 0 Å². The summed E-state index contributed by atoms with van der Waals surface area (Å²) in [4.78, 5) is 12.6. The first kappa shape index (κ1) is 15.8. The highest BCUT2D eigenvalue weighted by Crippen LogP contribution is 2.20. The Bertz CT molecular complexity index is 677. The van der Waals surface area contributed by atoms with E-state index >= 15 is 0 Å². The number of pyridine rings is 1. The molecule has 3 heteroatoms. The zero-order valence-electron chi connectivity index (χ0n) is 13.9. The molecule has 2 rings (SSSR count). The molecular weight excluding hydrogens is 260 g/mol. The highest BCUT2D eigenvalue weighted by molar-refractivity contribution is 5.81. The van der Waals surface area contributed by atoms with Gasteiger partial charge in [-0.1, -0.05) is 39.0 Å². The van der Waals surface area contributed by atoms with Crippen LogP contribution in [0, 0.1) is 5.41 Å². The zero-order valence-corrected chi connectivity index (χ0v) is 13.9. The standard InChI is InChI=1S/C18H27N2O/c1-18(2,3)11-13-20(4,5)14-19-12-10-15-8-6-7-9-16(15)17(19)21/h6-10,12H,11,13-14H2,1-5H3/q+1. The number of fused-ring (bicyclic) bond motifs is 1. The van der Waals surface area contributed by atoms with Gasteiger partial charge in [0.25, 0.3) is 5.56 Å². The summed E-state index contributed by atoms with van der Waals surface area (Å²) in [6.45, 7) is 8.54. The van der Waals surface area contributed by atoms with E-state index < -0.39 is 0 Å². The summed E-state index contributed by atoms with van der Waals surface area (Å²) in [5, 5.41) is 1.81. The van der Waals surface area contributed by atoms with E-state index in [1.54, 1.807) is 0 Å². The van der Waals surface area contributed by atoms with Crippen LogP contribution in [0.5, 0.6) is 0 Å². The van der Waals surface area contributed by atoms with Gasteiger partial charge < -0.3 is 4.48 Å². The van der Waals surface area contributed by atoms with Crippen molar-refractivity contribution < 1.29 is 4.48 Å². The van der Waals surface area contributed by atoms with Crippen LogP contribution in [0.25, 0.3) is 10.8 Å². The maximum atomic E-state index is 12.6. The van der Waals surface area contributed by atoms with Crippen molar-refractivity contribution in [3.63, 3.8) is 0 Å². The number of hydrogen-bond donors (Lipinski definition) is 0. The quantitative estimate of drug-likeness (QED) is 0.789. The lowest BCUT2D eigenvalue weighted by Gasteiger charge is -2.33. The predicted octanol–water partition coefficient (Wildman–Crippen LogP) is 3.47. The van der Waals surface area contributed by atoms with Crippen LogP contribution in [0.4, 0.5) is 0 Å². The van der Waals surface area contributed by atoms with E-state index in [0.717, 1.165) is 28.2 Å². The van der Waals surface area contributed by atoms with E-state index in [2.05, 4.69) is 34.9 Å². The minimum Gasteiger partial charge on any atom is -0.311 e. The van der Waals surface area contributed by atoms with Gasteiger partial charge in [-0.05, 0) is 22.9 Å². The van der Waals surface area contributed by atoms with Gasteiger partial charge in [0.1, 0.15) is 0 Å². The average molecular weight is 287 g/mol. The Morgan fingerprint density at radius 3 is 2.43 bits per heavy atom. The lowest BCUT2D eigenvalue weighted by Crippen LogP contribution is -2.45.